The number of hydrogen-bond donors (Lipinski definition) is 1. The van der Waals surface area contributed by atoms with Crippen molar-refractivity contribution in [3.05, 3.63) is 24.3 Å². The van der Waals surface area contributed by atoms with E-state index in [1.165, 1.54) is 12.0 Å². The van der Waals surface area contributed by atoms with Crippen molar-refractivity contribution in [2.75, 3.05) is 13.7 Å². The fourth-order valence-corrected chi connectivity index (χ4v) is 1.27. The van der Waals surface area contributed by atoms with E-state index >= 15 is 0 Å². The molecule has 1 N–H and O–H groups in total. The van der Waals surface area contributed by atoms with Crippen molar-refractivity contribution in [1.29, 1.82) is 0 Å². The van der Waals surface area contributed by atoms with Gasteiger partial charge in [0, 0.05) is 16.9 Å². The summed E-state index contributed by atoms with van der Waals surface area (Å²) in [6.45, 7) is -0.323. The molecule has 1 aromatic carbocycles. The van der Waals surface area contributed by atoms with Crippen molar-refractivity contribution < 1.29 is 18.8 Å². The lowest BCUT2D eigenvalue weighted by Crippen LogP contribution is -2.09. The molecular weight excluding hydrogens is 204 g/mol. The van der Waals surface area contributed by atoms with Crippen molar-refractivity contribution in [3.8, 4) is 5.75 Å². The smallest absolute Gasteiger partial charge is 0.341 e. The summed E-state index contributed by atoms with van der Waals surface area (Å²) in [6, 6.07) is 6.99. The molecule has 1 rings (SSSR count). The van der Waals surface area contributed by atoms with Crippen LogP contribution in [0.25, 0.3) is 0 Å². The molecule has 0 bridgehead atoms. The summed E-state index contributed by atoms with van der Waals surface area (Å²) < 4.78 is 9.80. The van der Waals surface area contributed by atoms with Crippen LogP contribution in [-0.2, 0) is 8.98 Å². The third-order valence-electron chi connectivity index (χ3n) is 1.37. The summed E-state index contributed by atoms with van der Waals surface area (Å²) in [5.41, 5.74) is 0. The Balaban J connectivity index is 2.50. The van der Waals surface area contributed by atoms with Crippen LogP contribution in [0, 0.1) is 0 Å². The Morgan fingerprint density at radius 3 is 2.57 bits per heavy atom. The Labute approximate surface area is 86.0 Å². The summed E-state index contributed by atoms with van der Waals surface area (Å²) in [5, 5.41) is 8.36. The SMILES string of the molecule is COSc1ccc(OCC(=O)O)cc1. The van der Waals surface area contributed by atoms with E-state index in [4.69, 9.17) is 14.0 Å². The number of benzene rings is 1. The number of carbonyl (C=O) groups is 1. The van der Waals surface area contributed by atoms with Gasteiger partial charge in [0.15, 0.2) is 6.61 Å². The van der Waals surface area contributed by atoms with E-state index in [9.17, 15) is 4.79 Å². The molecule has 1 aromatic rings. The lowest BCUT2D eigenvalue weighted by Gasteiger charge is -2.03. The van der Waals surface area contributed by atoms with E-state index in [0.717, 1.165) is 4.90 Å². The van der Waals surface area contributed by atoms with E-state index in [2.05, 4.69) is 0 Å². The highest BCUT2D eigenvalue weighted by molar-refractivity contribution is 7.94. The first-order valence-electron chi connectivity index (χ1n) is 3.87. The fraction of sp³-hybridized carbons (Fsp3) is 0.222. The minimum atomic E-state index is -0.986. The quantitative estimate of drug-likeness (QED) is 0.757. The van der Waals surface area contributed by atoms with Crippen LogP contribution in [0.3, 0.4) is 0 Å². The minimum absolute atomic E-state index is 0.323. The van der Waals surface area contributed by atoms with Crippen LogP contribution in [0.4, 0.5) is 0 Å². The number of carboxylic acids is 1. The molecule has 0 unspecified atom stereocenters. The maximum atomic E-state index is 10.2. The zero-order valence-corrected chi connectivity index (χ0v) is 8.41. The molecule has 0 aliphatic rings. The highest BCUT2D eigenvalue weighted by atomic mass is 32.2. The first-order chi connectivity index (χ1) is 6.72. The van der Waals surface area contributed by atoms with Crippen LogP contribution in [-0.4, -0.2) is 24.8 Å². The van der Waals surface area contributed by atoms with E-state index in [1.54, 1.807) is 31.4 Å². The fourth-order valence-electron chi connectivity index (χ4n) is 0.833. The molecule has 4 nitrogen and oxygen atoms in total. The zero-order chi connectivity index (χ0) is 10.4. The molecule has 5 heteroatoms. The van der Waals surface area contributed by atoms with Crippen LogP contribution in [0.2, 0.25) is 0 Å². The van der Waals surface area contributed by atoms with Gasteiger partial charge in [0.05, 0.1) is 7.11 Å². The first-order valence-corrected chi connectivity index (χ1v) is 4.62. The van der Waals surface area contributed by atoms with Crippen molar-refractivity contribution in [2.45, 2.75) is 4.90 Å². The first kappa shape index (κ1) is 10.9. The lowest BCUT2D eigenvalue weighted by molar-refractivity contribution is -0.139. The third-order valence-corrected chi connectivity index (χ3v) is 2.00. The van der Waals surface area contributed by atoms with Gasteiger partial charge in [-0.2, -0.15) is 0 Å². The largest absolute Gasteiger partial charge is 0.482 e. The lowest BCUT2D eigenvalue weighted by atomic mass is 10.3. The number of rotatable bonds is 5. The van der Waals surface area contributed by atoms with Crippen molar-refractivity contribution in [3.63, 3.8) is 0 Å². The molecule has 76 valence electrons. The second-order valence-electron chi connectivity index (χ2n) is 2.40. The van der Waals surface area contributed by atoms with E-state index in [-0.39, 0.29) is 6.61 Å². The van der Waals surface area contributed by atoms with Gasteiger partial charge in [0.25, 0.3) is 0 Å². The molecule has 14 heavy (non-hydrogen) atoms. The average Bonchev–Trinajstić information content (AvgIpc) is 2.17. The monoisotopic (exact) mass is 214 g/mol. The average molecular weight is 214 g/mol. The van der Waals surface area contributed by atoms with E-state index < -0.39 is 5.97 Å². The van der Waals surface area contributed by atoms with Gasteiger partial charge in [0.1, 0.15) is 5.75 Å². The number of carboxylic acid groups (broad SMARTS) is 1. The molecular formula is C9H10O4S. The maximum absolute atomic E-state index is 10.2. The van der Waals surface area contributed by atoms with Crippen LogP contribution >= 0.6 is 12.0 Å². The second-order valence-corrected chi connectivity index (χ2v) is 3.38. The Bertz CT molecular complexity index is 296. The maximum Gasteiger partial charge on any atom is 0.341 e. The zero-order valence-electron chi connectivity index (χ0n) is 7.60. The Hall–Kier alpha value is -1.20. The minimum Gasteiger partial charge on any atom is -0.482 e. The molecule has 0 atom stereocenters. The molecule has 0 heterocycles. The topological polar surface area (TPSA) is 55.8 Å². The third kappa shape index (κ3) is 3.68. The second kappa shape index (κ2) is 5.51. The summed E-state index contributed by atoms with van der Waals surface area (Å²) >= 11 is 1.24. The van der Waals surface area contributed by atoms with Crippen LogP contribution in [0.5, 0.6) is 5.75 Å². The molecule has 0 amide bonds. The highest BCUT2D eigenvalue weighted by Gasteiger charge is 1.99. The summed E-state index contributed by atoms with van der Waals surface area (Å²) in [6.07, 6.45) is 0. The van der Waals surface area contributed by atoms with Gasteiger partial charge in [-0.25, -0.2) is 4.79 Å². The summed E-state index contributed by atoms with van der Waals surface area (Å²) in [5.74, 6) is -0.451. The number of hydrogen-bond acceptors (Lipinski definition) is 4. The summed E-state index contributed by atoms with van der Waals surface area (Å²) in [7, 11) is 1.58. The molecule has 0 aromatic heterocycles. The number of aliphatic carboxylic acids is 1. The van der Waals surface area contributed by atoms with Crippen molar-refractivity contribution in [1.82, 2.24) is 0 Å². The van der Waals surface area contributed by atoms with E-state index in [0.29, 0.717) is 5.75 Å². The van der Waals surface area contributed by atoms with Crippen molar-refractivity contribution >= 4 is 18.0 Å². The molecule has 0 aliphatic carbocycles. The summed E-state index contributed by atoms with van der Waals surface area (Å²) in [4.78, 5) is 11.1. The van der Waals surface area contributed by atoms with Gasteiger partial charge in [-0.05, 0) is 24.3 Å². The standard InChI is InChI=1S/C9H10O4S/c1-12-14-8-4-2-7(3-5-8)13-6-9(10)11/h2-5H,6H2,1H3,(H,10,11). The molecule has 0 aliphatic heterocycles. The molecule has 0 radical (unpaired) electrons. The molecule has 0 spiro atoms. The Morgan fingerprint density at radius 2 is 2.07 bits per heavy atom. The molecule has 0 saturated heterocycles. The predicted octanol–water partition coefficient (Wildman–Crippen LogP) is 1.80. The van der Waals surface area contributed by atoms with Crippen LogP contribution < -0.4 is 4.74 Å². The number of ether oxygens (including phenoxy) is 1. The van der Waals surface area contributed by atoms with Gasteiger partial charge in [-0.3, -0.25) is 0 Å². The Morgan fingerprint density at radius 1 is 1.43 bits per heavy atom. The van der Waals surface area contributed by atoms with Crippen molar-refractivity contribution in [2.24, 2.45) is 0 Å². The van der Waals surface area contributed by atoms with Crippen LogP contribution in [0.15, 0.2) is 29.2 Å². The highest BCUT2D eigenvalue weighted by Crippen LogP contribution is 2.21. The van der Waals surface area contributed by atoms with Gasteiger partial charge in [-0.1, -0.05) is 0 Å². The van der Waals surface area contributed by atoms with Gasteiger partial charge in [0.2, 0.25) is 0 Å². The van der Waals surface area contributed by atoms with Gasteiger partial charge >= 0.3 is 5.97 Å². The van der Waals surface area contributed by atoms with Gasteiger partial charge in [-0.15, -0.1) is 0 Å². The predicted molar refractivity (Wildman–Crippen MR) is 52.4 cm³/mol. The van der Waals surface area contributed by atoms with E-state index in [1.807, 2.05) is 0 Å². The van der Waals surface area contributed by atoms with Crippen LogP contribution in [0.1, 0.15) is 0 Å². The Kier molecular flexibility index (Phi) is 4.28. The normalized spacial score (nSPS) is 9.79. The molecule has 0 saturated carbocycles. The molecule has 0 fully saturated rings. The van der Waals surface area contributed by atoms with Gasteiger partial charge < -0.3 is 14.0 Å².